The number of rotatable bonds is 6. The number of anilines is 3. The van der Waals surface area contributed by atoms with E-state index in [0.29, 0.717) is 0 Å². The first-order chi connectivity index (χ1) is 28.8. The molecule has 0 saturated carbocycles. The summed E-state index contributed by atoms with van der Waals surface area (Å²) in [5, 5.41) is 4.58. The highest BCUT2D eigenvalue weighted by atomic mass is 16.3. The van der Waals surface area contributed by atoms with E-state index in [0.717, 1.165) is 50.3 Å². The Bertz CT molecular complexity index is 3300. The van der Waals surface area contributed by atoms with E-state index in [1.165, 1.54) is 49.6 Å². The second kappa shape index (κ2) is 12.7. The van der Waals surface area contributed by atoms with Crippen molar-refractivity contribution in [2.45, 2.75) is 5.41 Å². The number of nitrogens with zero attached hydrogens (tertiary/aromatic N) is 2. The van der Waals surface area contributed by atoms with Gasteiger partial charge in [0.1, 0.15) is 11.2 Å². The van der Waals surface area contributed by atoms with Gasteiger partial charge < -0.3 is 13.9 Å². The maximum atomic E-state index is 6.92. The van der Waals surface area contributed by atoms with Crippen molar-refractivity contribution in [3.05, 3.63) is 241 Å². The van der Waals surface area contributed by atoms with Crippen molar-refractivity contribution in [3.8, 4) is 16.8 Å². The van der Waals surface area contributed by atoms with Crippen LogP contribution in [0, 0.1) is 0 Å². The summed E-state index contributed by atoms with van der Waals surface area (Å²) < 4.78 is 9.30. The van der Waals surface area contributed by atoms with Crippen molar-refractivity contribution in [2.24, 2.45) is 0 Å². The molecule has 12 rings (SSSR count). The lowest BCUT2D eigenvalue weighted by Crippen LogP contribution is -2.29. The van der Waals surface area contributed by atoms with Crippen LogP contribution in [-0.2, 0) is 5.41 Å². The highest BCUT2D eigenvalue weighted by Gasteiger charge is 2.46. The minimum absolute atomic E-state index is 0.605. The number of furan rings is 1. The molecule has 2 aromatic heterocycles. The van der Waals surface area contributed by atoms with Gasteiger partial charge in [0.25, 0.3) is 0 Å². The van der Waals surface area contributed by atoms with E-state index in [2.05, 4.69) is 228 Å². The predicted molar refractivity (Wildman–Crippen MR) is 240 cm³/mol. The Kier molecular flexibility index (Phi) is 7.14. The minimum atomic E-state index is -0.605. The largest absolute Gasteiger partial charge is 0.456 e. The quantitative estimate of drug-likeness (QED) is 0.169. The molecule has 1 aliphatic rings. The molecule has 0 atom stereocenters. The summed E-state index contributed by atoms with van der Waals surface area (Å²) in [6, 6.07) is 79.2. The van der Waals surface area contributed by atoms with Crippen molar-refractivity contribution in [3.63, 3.8) is 0 Å². The van der Waals surface area contributed by atoms with Crippen molar-refractivity contribution in [1.29, 1.82) is 0 Å². The highest BCUT2D eigenvalue weighted by Crippen LogP contribution is 2.58. The fourth-order valence-corrected chi connectivity index (χ4v) is 9.90. The summed E-state index contributed by atoms with van der Waals surface area (Å²) in [5.41, 5.74) is 15.2. The first-order valence-corrected chi connectivity index (χ1v) is 19.9. The lowest BCUT2D eigenvalue weighted by atomic mass is 9.67. The highest BCUT2D eigenvalue weighted by molar-refractivity contribution is 6.15. The zero-order chi connectivity index (χ0) is 38.2. The van der Waals surface area contributed by atoms with E-state index < -0.39 is 5.41 Å². The molecule has 0 fully saturated rings. The zero-order valence-electron chi connectivity index (χ0n) is 31.6. The first-order valence-electron chi connectivity index (χ1n) is 19.9. The maximum Gasteiger partial charge on any atom is 0.137 e. The number of benzene rings is 9. The first kappa shape index (κ1) is 32.6. The van der Waals surface area contributed by atoms with E-state index in [1.807, 2.05) is 0 Å². The molecule has 9 aromatic carbocycles. The van der Waals surface area contributed by atoms with Crippen LogP contribution in [0.5, 0.6) is 0 Å². The Morgan fingerprint density at radius 2 is 0.983 bits per heavy atom. The van der Waals surface area contributed by atoms with Gasteiger partial charge in [-0.3, -0.25) is 0 Å². The lowest BCUT2D eigenvalue weighted by Gasteiger charge is -2.35. The number of para-hydroxylation sites is 4. The van der Waals surface area contributed by atoms with Crippen LogP contribution in [0.3, 0.4) is 0 Å². The zero-order valence-corrected chi connectivity index (χ0v) is 31.6. The Morgan fingerprint density at radius 3 is 1.72 bits per heavy atom. The van der Waals surface area contributed by atoms with Gasteiger partial charge in [0.15, 0.2) is 0 Å². The summed E-state index contributed by atoms with van der Waals surface area (Å²) in [7, 11) is 0. The number of fused-ring (bicyclic) bond motifs is 9. The van der Waals surface area contributed by atoms with Crippen molar-refractivity contribution >= 4 is 60.8 Å². The minimum Gasteiger partial charge on any atom is -0.456 e. The second-order valence-corrected chi connectivity index (χ2v) is 15.2. The van der Waals surface area contributed by atoms with Crippen LogP contribution in [0.2, 0.25) is 0 Å². The molecule has 1 aliphatic carbocycles. The van der Waals surface area contributed by atoms with Crippen LogP contribution in [0.25, 0.3) is 60.6 Å². The summed E-state index contributed by atoms with van der Waals surface area (Å²) in [6.45, 7) is 0. The molecule has 3 heteroatoms. The third-order valence-electron chi connectivity index (χ3n) is 12.2. The Morgan fingerprint density at radius 1 is 0.397 bits per heavy atom. The van der Waals surface area contributed by atoms with Gasteiger partial charge in [0, 0.05) is 33.2 Å². The summed E-state index contributed by atoms with van der Waals surface area (Å²) in [6.07, 6.45) is 0. The topological polar surface area (TPSA) is 21.3 Å². The predicted octanol–water partition coefficient (Wildman–Crippen LogP) is 14.5. The van der Waals surface area contributed by atoms with Crippen LogP contribution >= 0.6 is 0 Å². The number of hydrogen-bond acceptors (Lipinski definition) is 2. The normalized spacial score (nSPS) is 13.0. The average Bonchev–Trinajstić information content (AvgIpc) is 3.94. The Balaban J connectivity index is 1.20. The smallest absolute Gasteiger partial charge is 0.137 e. The molecule has 0 N–H and O–H groups in total. The molecule has 3 nitrogen and oxygen atoms in total. The molecule has 0 radical (unpaired) electrons. The van der Waals surface area contributed by atoms with Gasteiger partial charge in [0.05, 0.1) is 27.5 Å². The van der Waals surface area contributed by atoms with Crippen LogP contribution < -0.4 is 4.90 Å². The maximum absolute atomic E-state index is 6.92. The number of aromatic nitrogens is 1. The van der Waals surface area contributed by atoms with Crippen molar-refractivity contribution < 1.29 is 4.42 Å². The molecule has 0 spiro atoms. The summed E-state index contributed by atoms with van der Waals surface area (Å²) in [5.74, 6) is 0. The lowest BCUT2D eigenvalue weighted by molar-refractivity contribution is 0.665. The standard InChI is InChI=1S/C55H36N2O/c1-4-18-37(19-5-1)55(47-28-14-10-24-42(47)43-25-11-15-29-48(43)55)38-34-51(54-45-27-13-17-31-52(45)58-53(54)35-38)56(39-20-6-2-7-21-39)41-32-33-50-46(36-41)44-26-12-16-30-49(44)57(50)40-22-8-3-9-23-40/h1-36H. The molecule has 11 aromatic rings. The van der Waals surface area contributed by atoms with Gasteiger partial charge in [0.2, 0.25) is 0 Å². The summed E-state index contributed by atoms with van der Waals surface area (Å²) >= 11 is 0. The van der Waals surface area contributed by atoms with Crippen LogP contribution in [0.15, 0.2) is 223 Å². The van der Waals surface area contributed by atoms with E-state index >= 15 is 0 Å². The van der Waals surface area contributed by atoms with E-state index in [1.54, 1.807) is 0 Å². The fourth-order valence-electron chi connectivity index (χ4n) is 9.90. The van der Waals surface area contributed by atoms with E-state index in [4.69, 9.17) is 4.42 Å². The van der Waals surface area contributed by atoms with Crippen LogP contribution in [0.4, 0.5) is 17.1 Å². The van der Waals surface area contributed by atoms with Gasteiger partial charge in [-0.25, -0.2) is 0 Å². The molecule has 0 aliphatic heterocycles. The third kappa shape index (κ3) is 4.62. The monoisotopic (exact) mass is 740 g/mol. The van der Waals surface area contributed by atoms with Crippen LogP contribution in [-0.4, -0.2) is 4.57 Å². The third-order valence-corrected chi connectivity index (χ3v) is 12.2. The molecule has 2 heterocycles. The summed E-state index contributed by atoms with van der Waals surface area (Å²) in [4.78, 5) is 2.44. The average molecular weight is 741 g/mol. The van der Waals surface area contributed by atoms with Gasteiger partial charge in [-0.2, -0.15) is 0 Å². The molecule has 0 amide bonds. The van der Waals surface area contributed by atoms with Gasteiger partial charge in [-0.15, -0.1) is 0 Å². The van der Waals surface area contributed by atoms with Crippen LogP contribution in [0.1, 0.15) is 22.3 Å². The molecule has 0 unspecified atom stereocenters. The van der Waals surface area contributed by atoms with Crippen molar-refractivity contribution in [2.75, 3.05) is 4.90 Å². The molecule has 272 valence electrons. The fraction of sp³-hybridized carbons (Fsp3) is 0.0182. The van der Waals surface area contributed by atoms with E-state index in [9.17, 15) is 0 Å². The molecule has 58 heavy (non-hydrogen) atoms. The molecule has 0 saturated heterocycles. The number of hydrogen-bond donors (Lipinski definition) is 0. The van der Waals surface area contributed by atoms with Crippen molar-refractivity contribution in [1.82, 2.24) is 4.57 Å². The van der Waals surface area contributed by atoms with E-state index in [-0.39, 0.29) is 0 Å². The molecule has 0 bridgehead atoms. The molecular weight excluding hydrogens is 705 g/mol. The SMILES string of the molecule is c1ccc(N(c2ccc3c(c2)c2ccccc2n3-c2ccccc2)c2cc(C3(c4ccccc4)c4ccccc4-c4ccccc43)cc3oc4ccccc4c23)cc1. The Hall–Kier alpha value is -7.62. The van der Waals surface area contributed by atoms with Gasteiger partial charge >= 0.3 is 0 Å². The van der Waals surface area contributed by atoms with Gasteiger partial charge in [-0.05, 0) is 100 Å². The second-order valence-electron chi connectivity index (χ2n) is 15.2. The molecular formula is C55H36N2O. The Labute approximate surface area is 336 Å². The van der Waals surface area contributed by atoms with Gasteiger partial charge in [-0.1, -0.05) is 152 Å².